The zero-order valence-corrected chi connectivity index (χ0v) is 19.1. The van der Waals surface area contributed by atoms with Crippen molar-refractivity contribution < 1.29 is 9.84 Å². The van der Waals surface area contributed by atoms with E-state index in [1.54, 1.807) is 19.2 Å². The topological polar surface area (TPSA) is 64.3 Å². The molecule has 2 aromatic heterocycles. The Hall–Kier alpha value is -2.86. The number of benzene rings is 2. The highest BCUT2D eigenvalue weighted by Gasteiger charge is 2.37. The molecule has 6 heteroatoms. The number of hydrogen-bond donors (Lipinski definition) is 1. The molecule has 32 heavy (non-hydrogen) atoms. The molecule has 5 nitrogen and oxygen atoms in total. The molecular weight excluding hydrogens is 420 g/mol. The van der Waals surface area contributed by atoms with Crippen LogP contribution in [0.3, 0.4) is 0 Å². The number of phenolic OH excluding ortho intramolecular Hbond substituents is 1. The van der Waals surface area contributed by atoms with Crippen LogP contribution >= 0.6 is 11.3 Å². The van der Waals surface area contributed by atoms with E-state index in [-0.39, 0.29) is 11.3 Å². The van der Waals surface area contributed by atoms with Crippen molar-refractivity contribution in [1.82, 2.24) is 9.55 Å². The number of thiophene rings is 1. The lowest BCUT2D eigenvalue weighted by molar-refractivity contribution is 0.414. The van der Waals surface area contributed by atoms with E-state index in [0.717, 1.165) is 46.5 Å². The third-order valence-electron chi connectivity index (χ3n) is 7.13. The Kier molecular flexibility index (Phi) is 4.54. The molecule has 2 aromatic carbocycles. The molecule has 0 saturated heterocycles. The summed E-state index contributed by atoms with van der Waals surface area (Å²) in [6.45, 7) is 2.92. The van der Waals surface area contributed by atoms with Crippen molar-refractivity contribution in [2.24, 2.45) is 11.8 Å². The van der Waals surface area contributed by atoms with Crippen LogP contribution in [0.1, 0.15) is 44.1 Å². The van der Waals surface area contributed by atoms with E-state index in [2.05, 4.69) is 19.1 Å². The molecule has 0 bridgehead atoms. The molecule has 0 radical (unpaired) electrons. The Labute approximate surface area is 190 Å². The Balaban J connectivity index is 1.63. The van der Waals surface area contributed by atoms with Crippen LogP contribution < -0.4 is 10.3 Å². The van der Waals surface area contributed by atoms with Gasteiger partial charge in [0, 0.05) is 17.5 Å². The van der Waals surface area contributed by atoms with E-state index >= 15 is 0 Å². The molecule has 4 aromatic rings. The number of aromatic nitrogens is 2. The lowest BCUT2D eigenvalue weighted by Gasteiger charge is -2.16. The minimum atomic E-state index is 0.00108. The van der Waals surface area contributed by atoms with E-state index in [9.17, 15) is 9.90 Å². The first-order valence-corrected chi connectivity index (χ1v) is 12.2. The molecule has 0 amide bonds. The summed E-state index contributed by atoms with van der Waals surface area (Å²) in [7, 11) is 1.69. The highest BCUT2D eigenvalue weighted by molar-refractivity contribution is 7.25. The lowest BCUT2D eigenvalue weighted by Crippen LogP contribution is -2.24. The number of nitrogens with zero attached hydrogens (tertiary/aromatic N) is 2. The molecule has 2 unspecified atom stereocenters. The number of methoxy groups -OCH3 is 1. The fraction of sp³-hybridized carbons (Fsp3) is 0.385. The zero-order valence-electron chi connectivity index (χ0n) is 18.3. The summed E-state index contributed by atoms with van der Waals surface area (Å²) in [4.78, 5) is 19.7. The summed E-state index contributed by atoms with van der Waals surface area (Å²) in [5.74, 6) is 3.50. The van der Waals surface area contributed by atoms with Crippen molar-refractivity contribution in [3.8, 4) is 22.9 Å². The van der Waals surface area contributed by atoms with Gasteiger partial charge in [0.05, 0.1) is 17.2 Å². The maximum atomic E-state index is 13.9. The van der Waals surface area contributed by atoms with E-state index in [1.165, 1.54) is 23.3 Å². The first-order chi connectivity index (χ1) is 15.6. The summed E-state index contributed by atoms with van der Waals surface area (Å²) < 4.78 is 8.13. The normalized spacial score (nSPS) is 20.2. The van der Waals surface area contributed by atoms with Crippen LogP contribution in [0.4, 0.5) is 0 Å². The molecule has 2 saturated carbocycles. The standard InChI is InChI=1S/C26H26N2O3S/c1-3-14-11-16(14)13-28-24(18-10-9-17(31-2)12-20(18)15-7-8-15)27-25-22(26(28)30)19-5-4-6-21(29)23(19)32-25/h4-6,9-10,12,14-16,29H,3,7-8,11,13H2,1-2H3. The van der Waals surface area contributed by atoms with Gasteiger partial charge in [-0.2, -0.15) is 0 Å². The van der Waals surface area contributed by atoms with Gasteiger partial charge in [-0.1, -0.05) is 25.5 Å². The maximum absolute atomic E-state index is 13.9. The number of ether oxygens (including phenoxy) is 1. The Bertz CT molecular complexity index is 1420. The van der Waals surface area contributed by atoms with Gasteiger partial charge < -0.3 is 9.84 Å². The minimum Gasteiger partial charge on any atom is -0.506 e. The van der Waals surface area contributed by atoms with Gasteiger partial charge in [0.1, 0.15) is 22.2 Å². The van der Waals surface area contributed by atoms with Gasteiger partial charge >= 0.3 is 0 Å². The molecule has 2 heterocycles. The number of hydrogen-bond acceptors (Lipinski definition) is 5. The fourth-order valence-corrected chi connectivity index (χ4v) is 6.09. The van der Waals surface area contributed by atoms with Gasteiger partial charge in [-0.15, -0.1) is 11.3 Å². The van der Waals surface area contributed by atoms with Crippen molar-refractivity contribution in [2.45, 2.75) is 45.1 Å². The number of rotatable bonds is 6. The highest BCUT2D eigenvalue weighted by atomic mass is 32.1. The monoisotopic (exact) mass is 446 g/mol. The van der Waals surface area contributed by atoms with Gasteiger partial charge in [-0.05, 0) is 66.8 Å². The molecular formula is C26H26N2O3S. The molecule has 1 N–H and O–H groups in total. The van der Waals surface area contributed by atoms with E-state index < -0.39 is 0 Å². The van der Waals surface area contributed by atoms with Crippen LogP contribution in [0.15, 0.2) is 41.2 Å². The smallest absolute Gasteiger partial charge is 0.263 e. The van der Waals surface area contributed by atoms with Crippen molar-refractivity contribution in [1.29, 1.82) is 0 Å². The zero-order chi connectivity index (χ0) is 22.0. The molecule has 164 valence electrons. The lowest BCUT2D eigenvalue weighted by atomic mass is 10.0. The van der Waals surface area contributed by atoms with Crippen LogP contribution in [-0.2, 0) is 6.54 Å². The van der Waals surface area contributed by atoms with Gasteiger partial charge in [0.25, 0.3) is 5.56 Å². The van der Waals surface area contributed by atoms with Gasteiger partial charge in [-0.3, -0.25) is 9.36 Å². The average Bonchev–Trinajstić information content (AvgIpc) is 3.73. The number of aromatic hydroxyl groups is 1. The first-order valence-electron chi connectivity index (χ1n) is 11.4. The minimum absolute atomic E-state index is 0.00108. The van der Waals surface area contributed by atoms with E-state index in [4.69, 9.17) is 9.72 Å². The number of fused-ring (bicyclic) bond motifs is 3. The first kappa shape index (κ1) is 19.8. The predicted molar refractivity (Wildman–Crippen MR) is 129 cm³/mol. The molecule has 0 spiro atoms. The van der Waals surface area contributed by atoms with Crippen molar-refractivity contribution in [2.75, 3.05) is 7.11 Å². The largest absolute Gasteiger partial charge is 0.506 e. The molecule has 2 aliphatic rings. The van der Waals surface area contributed by atoms with Crippen LogP contribution in [0, 0.1) is 11.8 Å². The van der Waals surface area contributed by atoms with Crippen LogP contribution in [-0.4, -0.2) is 21.8 Å². The third-order valence-corrected chi connectivity index (χ3v) is 8.25. The van der Waals surface area contributed by atoms with Crippen LogP contribution in [0.5, 0.6) is 11.5 Å². The molecule has 0 aliphatic heterocycles. The van der Waals surface area contributed by atoms with Crippen molar-refractivity contribution >= 4 is 31.6 Å². The summed E-state index contributed by atoms with van der Waals surface area (Å²) in [6.07, 6.45) is 4.63. The Morgan fingerprint density at radius 1 is 1.22 bits per heavy atom. The second kappa shape index (κ2) is 7.34. The summed E-state index contributed by atoms with van der Waals surface area (Å²) in [5, 5.41) is 11.8. The van der Waals surface area contributed by atoms with Gasteiger partial charge in [0.15, 0.2) is 0 Å². The molecule has 2 aliphatic carbocycles. The van der Waals surface area contributed by atoms with Crippen LogP contribution in [0.2, 0.25) is 0 Å². The molecule has 2 atom stereocenters. The van der Waals surface area contributed by atoms with E-state index in [1.807, 2.05) is 16.7 Å². The predicted octanol–water partition coefficient (Wildman–Crippen LogP) is 5.92. The SMILES string of the molecule is CCC1CC1Cn1c(-c2ccc(OC)cc2C2CC2)nc2sc3c(O)cccc3c2c1=O. The van der Waals surface area contributed by atoms with Crippen molar-refractivity contribution in [3.05, 3.63) is 52.3 Å². The summed E-state index contributed by atoms with van der Waals surface area (Å²) in [5.41, 5.74) is 2.25. The second-order valence-corrected chi connectivity index (χ2v) is 10.2. The Morgan fingerprint density at radius 3 is 2.78 bits per heavy atom. The Morgan fingerprint density at radius 2 is 2.06 bits per heavy atom. The third kappa shape index (κ3) is 3.12. The maximum Gasteiger partial charge on any atom is 0.263 e. The van der Waals surface area contributed by atoms with Crippen LogP contribution in [0.25, 0.3) is 31.7 Å². The van der Waals surface area contributed by atoms with Crippen molar-refractivity contribution in [3.63, 3.8) is 0 Å². The quantitative estimate of drug-likeness (QED) is 0.400. The fourth-order valence-electron chi connectivity index (χ4n) is 5.01. The summed E-state index contributed by atoms with van der Waals surface area (Å²) in [6, 6.07) is 11.5. The average molecular weight is 447 g/mol. The highest BCUT2D eigenvalue weighted by Crippen LogP contribution is 2.47. The molecule has 2 fully saturated rings. The number of phenols is 1. The van der Waals surface area contributed by atoms with Gasteiger partial charge in [0.2, 0.25) is 0 Å². The second-order valence-electron chi connectivity index (χ2n) is 9.18. The van der Waals surface area contributed by atoms with E-state index in [0.29, 0.717) is 34.5 Å². The summed E-state index contributed by atoms with van der Waals surface area (Å²) >= 11 is 1.40. The molecule has 6 rings (SSSR count). The van der Waals surface area contributed by atoms with Gasteiger partial charge in [-0.25, -0.2) is 4.98 Å².